The molecule has 0 radical (unpaired) electrons. The number of ether oxygens (including phenoxy) is 2. The molecule has 0 aliphatic carbocycles. The summed E-state index contributed by atoms with van der Waals surface area (Å²) in [5, 5.41) is 0. The van der Waals surface area contributed by atoms with Gasteiger partial charge in [-0.1, -0.05) is 15.9 Å². The second kappa shape index (κ2) is 6.34. The summed E-state index contributed by atoms with van der Waals surface area (Å²) in [6.45, 7) is 3.95. The summed E-state index contributed by atoms with van der Waals surface area (Å²) in [6.07, 6.45) is 1.14. The van der Waals surface area contributed by atoms with Crippen molar-refractivity contribution in [2.45, 2.75) is 32.3 Å². The molecule has 0 heterocycles. The monoisotopic (exact) mass is 314 g/mol. The van der Waals surface area contributed by atoms with Gasteiger partial charge in [-0.25, -0.2) is 0 Å². The van der Waals surface area contributed by atoms with Crippen LogP contribution < -0.4 is 4.74 Å². The van der Waals surface area contributed by atoms with Crippen LogP contribution in [0.5, 0.6) is 5.75 Å². The molecule has 0 spiro atoms. The minimum absolute atomic E-state index is 0.0888. The van der Waals surface area contributed by atoms with Gasteiger partial charge in [0.05, 0.1) is 12.7 Å². The fraction of sp³-hybridized carbons (Fsp3) is 0.500. The van der Waals surface area contributed by atoms with Crippen molar-refractivity contribution in [3.8, 4) is 5.75 Å². The first-order valence-electron chi connectivity index (χ1n) is 5.81. The molecule has 0 aliphatic rings. The van der Waals surface area contributed by atoms with E-state index in [9.17, 15) is 4.79 Å². The van der Waals surface area contributed by atoms with Crippen molar-refractivity contribution >= 4 is 21.7 Å². The molecule has 18 heavy (non-hydrogen) atoms. The number of halogens is 1. The van der Waals surface area contributed by atoms with E-state index in [2.05, 4.69) is 15.9 Å². The van der Waals surface area contributed by atoms with Gasteiger partial charge in [-0.15, -0.1) is 0 Å². The van der Waals surface area contributed by atoms with Crippen LogP contribution in [0.15, 0.2) is 22.7 Å². The molecule has 0 saturated heterocycles. The lowest BCUT2D eigenvalue weighted by Gasteiger charge is -2.22. The number of rotatable bonds is 6. The second-order valence-electron chi connectivity index (χ2n) is 4.73. The van der Waals surface area contributed by atoms with Gasteiger partial charge in [-0.05, 0) is 38.5 Å². The number of hydrogen-bond acceptors (Lipinski definition) is 3. The predicted molar refractivity (Wildman–Crippen MR) is 75.3 cm³/mol. The highest BCUT2D eigenvalue weighted by atomic mass is 79.9. The van der Waals surface area contributed by atoms with Crippen LogP contribution in [0.25, 0.3) is 0 Å². The van der Waals surface area contributed by atoms with Crippen molar-refractivity contribution in [2.75, 3.05) is 14.2 Å². The highest BCUT2D eigenvalue weighted by Crippen LogP contribution is 2.25. The standard InChI is InChI=1S/C14H19BrO3/c1-14(2,18-4)8-7-13(16)11-9-10(17-3)5-6-12(11)15/h5-6,9H,7-8H2,1-4H3. The Hall–Kier alpha value is -0.870. The van der Waals surface area contributed by atoms with Crippen LogP contribution in [0.4, 0.5) is 0 Å². The summed E-state index contributed by atoms with van der Waals surface area (Å²) in [5.74, 6) is 0.776. The zero-order valence-electron chi connectivity index (χ0n) is 11.2. The summed E-state index contributed by atoms with van der Waals surface area (Å²) < 4.78 is 11.2. The highest BCUT2D eigenvalue weighted by Gasteiger charge is 2.19. The van der Waals surface area contributed by atoms with Crippen molar-refractivity contribution < 1.29 is 14.3 Å². The molecule has 1 rings (SSSR count). The maximum absolute atomic E-state index is 12.2. The summed E-state index contributed by atoms with van der Waals surface area (Å²) in [7, 11) is 3.25. The fourth-order valence-electron chi connectivity index (χ4n) is 1.50. The lowest BCUT2D eigenvalue weighted by atomic mass is 9.98. The summed E-state index contributed by atoms with van der Waals surface area (Å²) >= 11 is 3.39. The average molecular weight is 315 g/mol. The average Bonchev–Trinajstić information content (AvgIpc) is 2.36. The molecule has 0 amide bonds. The smallest absolute Gasteiger partial charge is 0.164 e. The molecule has 100 valence electrons. The molecule has 0 fully saturated rings. The molecule has 0 aliphatic heterocycles. The van der Waals surface area contributed by atoms with Crippen molar-refractivity contribution in [1.29, 1.82) is 0 Å². The van der Waals surface area contributed by atoms with Crippen molar-refractivity contribution in [3.05, 3.63) is 28.2 Å². The maximum Gasteiger partial charge on any atom is 0.164 e. The Morgan fingerprint density at radius 1 is 1.33 bits per heavy atom. The highest BCUT2D eigenvalue weighted by molar-refractivity contribution is 9.10. The molecule has 0 unspecified atom stereocenters. The molecule has 3 nitrogen and oxygen atoms in total. The third-order valence-electron chi connectivity index (χ3n) is 2.98. The molecule has 0 aromatic heterocycles. The predicted octanol–water partition coefficient (Wildman–Crippen LogP) is 3.85. The van der Waals surface area contributed by atoms with E-state index >= 15 is 0 Å². The first-order valence-corrected chi connectivity index (χ1v) is 6.61. The number of ketones is 1. The zero-order chi connectivity index (χ0) is 13.8. The topological polar surface area (TPSA) is 35.5 Å². The SMILES string of the molecule is COc1ccc(Br)c(C(=O)CCC(C)(C)OC)c1. The van der Waals surface area contributed by atoms with Crippen molar-refractivity contribution in [2.24, 2.45) is 0 Å². The molecule has 0 bridgehead atoms. The summed E-state index contributed by atoms with van der Waals surface area (Å²) in [6, 6.07) is 5.40. The van der Waals surface area contributed by atoms with E-state index in [-0.39, 0.29) is 11.4 Å². The van der Waals surface area contributed by atoms with Gasteiger partial charge in [0.2, 0.25) is 0 Å². The van der Waals surface area contributed by atoms with Crippen LogP contribution in [0.2, 0.25) is 0 Å². The number of methoxy groups -OCH3 is 2. The second-order valence-corrected chi connectivity index (χ2v) is 5.59. The van der Waals surface area contributed by atoms with Crippen LogP contribution in [-0.2, 0) is 4.74 Å². The lowest BCUT2D eigenvalue weighted by Crippen LogP contribution is -2.23. The van der Waals surface area contributed by atoms with Gasteiger partial charge in [0.15, 0.2) is 5.78 Å². The van der Waals surface area contributed by atoms with E-state index in [0.29, 0.717) is 24.2 Å². The van der Waals surface area contributed by atoms with Crippen LogP contribution in [0.3, 0.4) is 0 Å². The quantitative estimate of drug-likeness (QED) is 0.748. The van der Waals surface area contributed by atoms with Crippen molar-refractivity contribution in [3.63, 3.8) is 0 Å². The van der Waals surface area contributed by atoms with E-state index in [1.165, 1.54) is 0 Å². The molecule has 1 aromatic rings. The molecular formula is C14H19BrO3. The summed E-state index contributed by atoms with van der Waals surface area (Å²) in [4.78, 5) is 12.2. The van der Waals surface area contributed by atoms with E-state index in [4.69, 9.17) is 9.47 Å². The molecule has 0 atom stereocenters. The van der Waals surface area contributed by atoms with Crippen LogP contribution >= 0.6 is 15.9 Å². The van der Waals surface area contributed by atoms with Crippen molar-refractivity contribution in [1.82, 2.24) is 0 Å². The maximum atomic E-state index is 12.2. The Bertz CT molecular complexity index is 427. The Labute approximate surface area is 117 Å². The number of Topliss-reactive ketones (excluding diaryl/α,β-unsaturated/α-hetero) is 1. The van der Waals surface area contributed by atoms with E-state index in [1.807, 2.05) is 26.0 Å². The van der Waals surface area contributed by atoms with Gasteiger partial charge >= 0.3 is 0 Å². The molecule has 1 aromatic carbocycles. The minimum atomic E-state index is -0.277. The molecule has 0 saturated carbocycles. The largest absolute Gasteiger partial charge is 0.497 e. The molecule has 4 heteroatoms. The third kappa shape index (κ3) is 4.10. The number of benzene rings is 1. The van der Waals surface area contributed by atoms with Gasteiger partial charge in [0, 0.05) is 23.6 Å². The van der Waals surface area contributed by atoms with E-state index in [1.54, 1.807) is 20.3 Å². The fourth-order valence-corrected chi connectivity index (χ4v) is 1.96. The van der Waals surface area contributed by atoms with Crippen LogP contribution in [-0.4, -0.2) is 25.6 Å². The third-order valence-corrected chi connectivity index (χ3v) is 3.67. The normalized spacial score (nSPS) is 11.4. The van der Waals surface area contributed by atoms with Crippen LogP contribution in [0, 0.1) is 0 Å². The van der Waals surface area contributed by atoms with E-state index in [0.717, 1.165) is 4.47 Å². The Morgan fingerprint density at radius 3 is 2.56 bits per heavy atom. The Kier molecular flexibility index (Phi) is 5.35. The number of hydrogen-bond donors (Lipinski definition) is 0. The van der Waals surface area contributed by atoms with E-state index < -0.39 is 0 Å². The molecule has 0 N–H and O–H groups in total. The lowest BCUT2D eigenvalue weighted by molar-refractivity contribution is 0.0141. The summed E-state index contributed by atoms with van der Waals surface area (Å²) in [5.41, 5.74) is 0.377. The molecular weight excluding hydrogens is 296 g/mol. The first kappa shape index (κ1) is 15.2. The van der Waals surface area contributed by atoms with Crippen LogP contribution in [0.1, 0.15) is 37.0 Å². The Morgan fingerprint density at radius 2 is 2.00 bits per heavy atom. The Balaban J connectivity index is 2.78. The minimum Gasteiger partial charge on any atom is -0.497 e. The van der Waals surface area contributed by atoms with Gasteiger partial charge in [-0.2, -0.15) is 0 Å². The number of carbonyl (C=O) groups excluding carboxylic acids is 1. The van der Waals surface area contributed by atoms with Gasteiger partial charge in [0.25, 0.3) is 0 Å². The van der Waals surface area contributed by atoms with Gasteiger partial charge < -0.3 is 9.47 Å². The van der Waals surface area contributed by atoms with Gasteiger partial charge in [-0.3, -0.25) is 4.79 Å². The zero-order valence-corrected chi connectivity index (χ0v) is 12.8. The first-order chi connectivity index (χ1) is 8.39. The number of carbonyl (C=O) groups is 1. The van der Waals surface area contributed by atoms with Gasteiger partial charge in [0.1, 0.15) is 5.75 Å².